The molecule has 1 aliphatic rings. The number of hydrogen-bond donors (Lipinski definition) is 2. The molecule has 29 heavy (non-hydrogen) atoms. The summed E-state index contributed by atoms with van der Waals surface area (Å²) in [4.78, 5) is 16.2. The van der Waals surface area contributed by atoms with Crippen LogP contribution in [0, 0.1) is 5.92 Å². The lowest BCUT2D eigenvalue weighted by Gasteiger charge is -2.19. The van der Waals surface area contributed by atoms with Crippen LogP contribution in [0.5, 0.6) is 0 Å². The number of nitrogens with one attached hydrogen (secondary N) is 1. The molecule has 0 bridgehead atoms. The van der Waals surface area contributed by atoms with E-state index in [-0.39, 0.29) is 16.6 Å². The third-order valence-electron chi connectivity index (χ3n) is 3.82. The predicted octanol–water partition coefficient (Wildman–Crippen LogP) is 5.11. The van der Waals surface area contributed by atoms with Gasteiger partial charge in [-0.15, -0.1) is 0 Å². The van der Waals surface area contributed by atoms with Gasteiger partial charge in [0.05, 0.1) is 10.7 Å². The molecule has 0 aromatic heterocycles. The van der Waals surface area contributed by atoms with Crippen LogP contribution in [-0.2, 0) is 9.53 Å². The summed E-state index contributed by atoms with van der Waals surface area (Å²) in [6.45, 7) is 1.37. The maximum Gasteiger partial charge on any atom is 0.430 e. The van der Waals surface area contributed by atoms with Gasteiger partial charge >= 0.3 is 6.18 Å². The molecule has 0 heterocycles. The van der Waals surface area contributed by atoms with E-state index in [9.17, 15) is 18.0 Å². The molecule has 0 fully saturated rings. The molecule has 0 aliphatic heterocycles. The maximum absolute atomic E-state index is 12.8. The molecule has 3 N–H and O–H groups in total. The van der Waals surface area contributed by atoms with Gasteiger partial charge in [-0.05, 0) is 30.5 Å². The Balaban J connectivity index is 2.17. The molecule has 0 saturated heterocycles. The van der Waals surface area contributed by atoms with E-state index in [1.165, 1.54) is 12.1 Å². The van der Waals surface area contributed by atoms with Crippen LogP contribution in [-0.4, -0.2) is 24.6 Å². The highest BCUT2D eigenvalue weighted by molar-refractivity contribution is 9.11. The Hall–Kier alpha value is -2.26. The van der Waals surface area contributed by atoms with E-state index in [0.29, 0.717) is 11.8 Å². The molecule has 1 atom stereocenters. The smallest absolute Gasteiger partial charge is 0.430 e. The molecule has 1 amide bonds. The summed E-state index contributed by atoms with van der Waals surface area (Å²) in [6, 6.07) is 6.25. The summed E-state index contributed by atoms with van der Waals surface area (Å²) >= 11 is 9.32. The van der Waals surface area contributed by atoms with Crippen LogP contribution < -0.4 is 11.1 Å². The molecule has 0 radical (unpaired) electrons. The SMILES string of the molecule is CC1CC=C(Br)C=C1NC(=O)COC(C=C(N)C(F)(F)F)=Nc1ccccc1Cl. The fourth-order valence-electron chi connectivity index (χ4n) is 2.24. The summed E-state index contributed by atoms with van der Waals surface area (Å²) in [5, 5.41) is 2.89. The third kappa shape index (κ3) is 7.25. The van der Waals surface area contributed by atoms with E-state index in [4.69, 9.17) is 22.1 Å². The van der Waals surface area contributed by atoms with Crippen molar-refractivity contribution in [1.29, 1.82) is 0 Å². The van der Waals surface area contributed by atoms with E-state index in [2.05, 4.69) is 26.2 Å². The molecule has 1 aromatic rings. The number of carbonyl (C=O) groups is 1. The molecule has 5 nitrogen and oxygen atoms in total. The molecule has 156 valence electrons. The predicted molar refractivity (Wildman–Crippen MR) is 110 cm³/mol. The second-order valence-electron chi connectivity index (χ2n) is 6.16. The molecule has 0 saturated carbocycles. The van der Waals surface area contributed by atoms with Gasteiger partial charge in [0.25, 0.3) is 5.91 Å². The second kappa shape index (κ2) is 9.98. The number of nitrogens with two attached hydrogens (primary N) is 1. The van der Waals surface area contributed by atoms with Crippen molar-refractivity contribution in [3.05, 3.63) is 63.4 Å². The second-order valence-corrected chi connectivity index (χ2v) is 7.48. The number of aliphatic imine (C=N–C) groups is 1. The first-order valence-electron chi connectivity index (χ1n) is 8.43. The fourth-order valence-corrected chi connectivity index (χ4v) is 2.86. The highest BCUT2D eigenvalue weighted by atomic mass is 79.9. The summed E-state index contributed by atoms with van der Waals surface area (Å²) in [7, 11) is 0. The number of alkyl halides is 3. The average Bonchev–Trinajstić information content (AvgIpc) is 2.63. The van der Waals surface area contributed by atoms with Gasteiger partial charge in [-0.25, -0.2) is 4.99 Å². The Kier molecular flexibility index (Phi) is 7.92. The van der Waals surface area contributed by atoms with Crippen LogP contribution in [0.4, 0.5) is 18.9 Å². The molecule has 0 spiro atoms. The van der Waals surface area contributed by atoms with Crippen LogP contribution in [0.3, 0.4) is 0 Å². The number of para-hydroxylation sites is 1. The Morgan fingerprint density at radius 2 is 2.14 bits per heavy atom. The largest absolute Gasteiger partial charge is 0.467 e. The average molecular weight is 493 g/mol. The lowest BCUT2D eigenvalue weighted by Crippen LogP contribution is -2.31. The Bertz CT molecular complexity index is 895. The van der Waals surface area contributed by atoms with Crippen molar-refractivity contribution < 1.29 is 22.7 Å². The van der Waals surface area contributed by atoms with Crippen LogP contribution in [0.1, 0.15) is 13.3 Å². The number of allylic oxidation sites excluding steroid dienone is 5. The van der Waals surface area contributed by atoms with E-state index in [1.807, 2.05) is 13.0 Å². The molecule has 10 heteroatoms. The van der Waals surface area contributed by atoms with Crippen molar-refractivity contribution in [2.75, 3.05) is 6.61 Å². The number of ether oxygens (including phenoxy) is 1. The summed E-state index contributed by atoms with van der Waals surface area (Å²) in [5.41, 5.74) is 4.48. The molecule has 1 aromatic carbocycles. The van der Waals surface area contributed by atoms with Gasteiger partial charge in [0.2, 0.25) is 5.90 Å². The Morgan fingerprint density at radius 3 is 2.79 bits per heavy atom. The van der Waals surface area contributed by atoms with Crippen molar-refractivity contribution >= 4 is 45.0 Å². The standard InChI is InChI=1S/C19H18BrClF3N3O2/c1-11-6-7-12(20)8-15(11)26-17(28)10-29-18(9-16(25)19(22,23)24)27-14-5-3-2-4-13(14)21/h2-5,7-9,11H,6,10,25H2,1H3,(H,26,28). The number of rotatable bonds is 5. The minimum atomic E-state index is -4.77. The quantitative estimate of drug-likeness (QED) is 0.443. The zero-order valence-electron chi connectivity index (χ0n) is 15.3. The van der Waals surface area contributed by atoms with Gasteiger partial charge in [0, 0.05) is 16.3 Å². The van der Waals surface area contributed by atoms with E-state index < -0.39 is 30.3 Å². The highest BCUT2D eigenvalue weighted by Crippen LogP contribution is 2.26. The van der Waals surface area contributed by atoms with Crippen molar-refractivity contribution in [2.45, 2.75) is 19.5 Å². The van der Waals surface area contributed by atoms with Crippen molar-refractivity contribution in [3.8, 4) is 0 Å². The molecule has 1 unspecified atom stereocenters. The zero-order valence-corrected chi connectivity index (χ0v) is 17.6. The molecular weight excluding hydrogens is 475 g/mol. The Labute approximate surface area is 179 Å². The van der Waals surface area contributed by atoms with Gasteiger partial charge in [0.15, 0.2) is 6.61 Å². The summed E-state index contributed by atoms with van der Waals surface area (Å²) in [5.74, 6) is -0.955. The van der Waals surface area contributed by atoms with Crippen molar-refractivity contribution in [3.63, 3.8) is 0 Å². The lowest BCUT2D eigenvalue weighted by molar-refractivity contribution is -0.122. The van der Waals surface area contributed by atoms with Crippen LogP contribution >= 0.6 is 27.5 Å². The van der Waals surface area contributed by atoms with Crippen LogP contribution in [0.25, 0.3) is 0 Å². The maximum atomic E-state index is 12.8. The number of carbonyl (C=O) groups excluding carboxylic acids is 1. The van der Waals surface area contributed by atoms with E-state index in [0.717, 1.165) is 10.9 Å². The number of nitrogens with zero attached hydrogens (tertiary/aromatic N) is 1. The van der Waals surface area contributed by atoms with Gasteiger partial charge in [-0.2, -0.15) is 13.2 Å². The van der Waals surface area contributed by atoms with Crippen molar-refractivity contribution in [2.24, 2.45) is 16.6 Å². The number of amides is 1. The fraction of sp³-hybridized carbons (Fsp3) is 0.263. The normalized spacial score (nSPS) is 18.1. The number of halogens is 5. The molecular formula is C19H18BrClF3N3O2. The topological polar surface area (TPSA) is 76.7 Å². The van der Waals surface area contributed by atoms with Crippen LogP contribution in [0.2, 0.25) is 5.02 Å². The lowest BCUT2D eigenvalue weighted by atomic mass is 9.99. The summed E-state index contributed by atoms with van der Waals surface area (Å²) in [6.07, 6.45) is 0.201. The molecule has 1 aliphatic carbocycles. The summed E-state index contributed by atoms with van der Waals surface area (Å²) < 4.78 is 44.4. The van der Waals surface area contributed by atoms with Gasteiger partial charge < -0.3 is 15.8 Å². The first kappa shape index (κ1) is 23.0. The molecule has 2 rings (SSSR count). The minimum absolute atomic E-state index is 0.0808. The van der Waals surface area contributed by atoms with Gasteiger partial charge in [-0.1, -0.05) is 52.7 Å². The van der Waals surface area contributed by atoms with Crippen molar-refractivity contribution in [1.82, 2.24) is 5.32 Å². The van der Waals surface area contributed by atoms with Crippen LogP contribution in [0.15, 0.2) is 63.4 Å². The third-order valence-corrected chi connectivity index (χ3v) is 4.69. The monoisotopic (exact) mass is 491 g/mol. The van der Waals surface area contributed by atoms with Gasteiger partial charge in [0.1, 0.15) is 5.70 Å². The van der Waals surface area contributed by atoms with E-state index >= 15 is 0 Å². The first-order valence-corrected chi connectivity index (χ1v) is 9.61. The minimum Gasteiger partial charge on any atom is -0.467 e. The first-order chi connectivity index (χ1) is 13.6. The highest BCUT2D eigenvalue weighted by Gasteiger charge is 2.32. The number of hydrogen-bond acceptors (Lipinski definition) is 4. The Morgan fingerprint density at radius 1 is 1.45 bits per heavy atom. The van der Waals surface area contributed by atoms with E-state index in [1.54, 1.807) is 18.2 Å². The number of benzene rings is 1. The van der Waals surface area contributed by atoms with Gasteiger partial charge in [-0.3, -0.25) is 4.79 Å². The zero-order chi connectivity index (χ0) is 21.6.